The maximum Gasteiger partial charge on any atom is 0.0610 e. The molecule has 0 radical (unpaired) electrons. The first kappa shape index (κ1) is 11.4. The van der Waals surface area contributed by atoms with Gasteiger partial charge in [-0.2, -0.15) is 12.6 Å². The Bertz CT molecular complexity index is 191. The molecular formula is C10H15NS. The molecule has 0 atom stereocenters. The normalized spacial score (nSPS) is 8.33. The van der Waals surface area contributed by atoms with Crippen molar-refractivity contribution in [3.05, 3.63) is 0 Å². The van der Waals surface area contributed by atoms with Gasteiger partial charge in [0, 0.05) is 12.3 Å². The van der Waals surface area contributed by atoms with E-state index in [0.717, 1.165) is 25.4 Å². The highest BCUT2D eigenvalue weighted by molar-refractivity contribution is 7.80. The molecule has 0 aromatic heterocycles. The topological polar surface area (TPSA) is 3.24 Å². The standard InChI is InChI=1S/C10H15NS/c1-3-5-7-11(9-10-12)8-6-4-2/h12H,7-10H2,1-2H3. The molecule has 0 aromatic carbocycles. The Morgan fingerprint density at radius 2 is 1.58 bits per heavy atom. The van der Waals surface area contributed by atoms with Crippen molar-refractivity contribution >= 4 is 12.6 Å². The first-order valence-corrected chi connectivity index (χ1v) is 4.60. The van der Waals surface area contributed by atoms with Crippen LogP contribution in [-0.4, -0.2) is 30.3 Å². The Hall–Kier alpha value is -0.570. The van der Waals surface area contributed by atoms with Crippen LogP contribution in [0, 0.1) is 23.7 Å². The predicted molar refractivity (Wildman–Crippen MR) is 57.2 cm³/mol. The van der Waals surface area contributed by atoms with Crippen molar-refractivity contribution in [3.8, 4) is 23.7 Å². The summed E-state index contributed by atoms with van der Waals surface area (Å²) in [5, 5.41) is 0. The lowest BCUT2D eigenvalue weighted by Crippen LogP contribution is -2.26. The highest BCUT2D eigenvalue weighted by Crippen LogP contribution is 1.87. The fourth-order valence-electron chi connectivity index (χ4n) is 0.737. The third-order valence-corrected chi connectivity index (χ3v) is 1.58. The zero-order valence-corrected chi connectivity index (χ0v) is 8.62. The summed E-state index contributed by atoms with van der Waals surface area (Å²) in [6.45, 7) is 6.25. The SMILES string of the molecule is CC#CCN(CC#CC)CCS. The molecule has 1 nitrogen and oxygen atoms in total. The average molecular weight is 181 g/mol. The van der Waals surface area contributed by atoms with Crippen molar-refractivity contribution in [1.82, 2.24) is 4.90 Å². The summed E-state index contributed by atoms with van der Waals surface area (Å²) in [5.41, 5.74) is 0. The molecule has 0 aromatic rings. The van der Waals surface area contributed by atoms with Gasteiger partial charge in [0.15, 0.2) is 0 Å². The maximum absolute atomic E-state index is 4.17. The molecule has 0 aliphatic carbocycles. The van der Waals surface area contributed by atoms with E-state index in [2.05, 4.69) is 41.2 Å². The van der Waals surface area contributed by atoms with Crippen LogP contribution in [0.3, 0.4) is 0 Å². The third kappa shape index (κ3) is 6.16. The second-order valence-corrected chi connectivity index (χ2v) is 2.74. The van der Waals surface area contributed by atoms with Crippen molar-refractivity contribution in [2.75, 3.05) is 25.4 Å². The summed E-state index contributed by atoms with van der Waals surface area (Å²) in [6.07, 6.45) is 0. The van der Waals surface area contributed by atoms with Crippen LogP contribution in [-0.2, 0) is 0 Å². The van der Waals surface area contributed by atoms with E-state index in [-0.39, 0.29) is 0 Å². The van der Waals surface area contributed by atoms with E-state index in [9.17, 15) is 0 Å². The van der Waals surface area contributed by atoms with E-state index in [0.29, 0.717) is 0 Å². The average Bonchev–Trinajstić information content (AvgIpc) is 2.10. The van der Waals surface area contributed by atoms with Crippen LogP contribution in [0.25, 0.3) is 0 Å². The number of nitrogens with zero attached hydrogens (tertiary/aromatic N) is 1. The third-order valence-electron chi connectivity index (χ3n) is 1.38. The van der Waals surface area contributed by atoms with Crippen LogP contribution in [0.1, 0.15) is 13.8 Å². The molecule has 0 N–H and O–H groups in total. The van der Waals surface area contributed by atoms with Crippen molar-refractivity contribution in [2.45, 2.75) is 13.8 Å². The molecule has 0 saturated heterocycles. The molecule has 0 saturated carbocycles. The quantitative estimate of drug-likeness (QED) is 0.505. The van der Waals surface area contributed by atoms with Gasteiger partial charge < -0.3 is 0 Å². The van der Waals surface area contributed by atoms with Crippen molar-refractivity contribution < 1.29 is 0 Å². The van der Waals surface area contributed by atoms with E-state index >= 15 is 0 Å². The van der Waals surface area contributed by atoms with Crippen molar-refractivity contribution in [2.24, 2.45) is 0 Å². The molecule has 0 unspecified atom stereocenters. The molecule has 0 aliphatic rings. The smallest absolute Gasteiger partial charge is 0.0610 e. The van der Waals surface area contributed by atoms with Gasteiger partial charge in [0.2, 0.25) is 0 Å². The zero-order chi connectivity index (χ0) is 9.23. The zero-order valence-electron chi connectivity index (χ0n) is 7.72. The van der Waals surface area contributed by atoms with E-state index in [1.807, 2.05) is 13.8 Å². The lowest BCUT2D eigenvalue weighted by atomic mass is 10.4. The highest BCUT2D eigenvalue weighted by Gasteiger charge is 1.97. The fourth-order valence-corrected chi connectivity index (χ4v) is 1.02. The summed E-state index contributed by atoms with van der Waals surface area (Å²) < 4.78 is 0. The van der Waals surface area contributed by atoms with Gasteiger partial charge in [-0.05, 0) is 13.8 Å². The van der Waals surface area contributed by atoms with Crippen LogP contribution in [0.5, 0.6) is 0 Å². The number of hydrogen-bond acceptors (Lipinski definition) is 2. The minimum absolute atomic E-state index is 0.797. The maximum atomic E-state index is 4.17. The Labute approximate surface area is 80.9 Å². The molecule has 0 aliphatic heterocycles. The summed E-state index contributed by atoms with van der Waals surface area (Å²) in [7, 11) is 0. The fraction of sp³-hybridized carbons (Fsp3) is 0.600. The van der Waals surface area contributed by atoms with Crippen molar-refractivity contribution in [3.63, 3.8) is 0 Å². The van der Waals surface area contributed by atoms with Crippen LogP contribution >= 0.6 is 12.6 Å². The molecular weight excluding hydrogens is 166 g/mol. The van der Waals surface area contributed by atoms with Gasteiger partial charge in [-0.15, -0.1) is 11.8 Å². The molecule has 0 fully saturated rings. The van der Waals surface area contributed by atoms with E-state index in [1.165, 1.54) is 0 Å². The Morgan fingerprint density at radius 1 is 1.08 bits per heavy atom. The minimum atomic E-state index is 0.797. The number of rotatable bonds is 4. The first-order valence-electron chi connectivity index (χ1n) is 3.97. The second-order valence-electron chi connectivity index (χ2n) is 2.29. The van der Waals surface area contributed by atoms with Crippen LogP contribution in [0.15, 0.2) is 0 Å². The first-order chi connectivity index (χ1) is 5.85. The molecule has 0 spiro atoms. The van der Waals surface area contributed by atoms with Crippen molar-refractivity contribution in [1.29, 1.82) is 0 Å². The Kier molecular flexibility index (Phi) is 8.12. The van der Waals surface area contributed by atoms with Gasteiger partial charge in [0.25, 0.3) is 0 Å². The highest BCUT2D eigenvalue weighted by atomic mass is 32.1. The van der Waals surface area contributed by atoms with Gasteiger partial charge in [0.05, 0.1) is 13.1 Å². The minimum Gasteiger partial charge on any atom is -0.280 e. The monoisotopic (exact) mass is 181 g/mol. The van der Waals surface area contributed by atoms with E-state index in [1.54, 1.807) is 0 Å². The number of hydrogen-bond donors (Lipinski definition) is 1. The van der Waals surface area contributed by atoms with Crippen LogP contribution < -0.4 is 0 Å². The lowest BCUT2D eigenvalue weighted by molar-refractivity contribution is 0.369. The molecule has 0 rings (SSSR count). The summed E-state index contributed by atoms with van der Waals surface area (Å²) >= 11 is 4.17. The Balaban J connectivity index is 3.79. The second kappa shape index (κ2) is 8.53. The van der Waals surface area contributed by atoms with Gasteiger partial charge in [-0.3, -0.25) is 4.90 Å². The molecule has 2 heteroatoms. The largest absolute Gasteiger partial charge is 0.280 e. The van der Waals surface area contributed by atoms with Gasteiger partial charge in [0.1, 0.15) is 0 Å². The lowest BCUT2D eigenvalue weighted by Gasteiger charge is -2.14. The van der Waals surface area contributed by atoms with Gasteiger partial charge in [-0.1, -0.05) is 11.8 Å². The molecule has 0 bridgehead atoms. The number of thiol groups is 1. The molecule has 12 heavy (non-hydrogen) atoms. The summed E-state index contributed by atoms with van der Waals surface area (Å²) in [6, 6.07) is 0. The molecule has 0 heterocycles. The molecule has 0 amide bonds. The molecule has 66 valence electrons. The van der Waals surface area contributed by atoms with Crippen LogP contribution in [0.4, 0.5) is 0 Å². The Morgan fingerprint density at radius 3 is 1.92 bits per heavy atom. The predicted octanol–water partition coefficient (Wildman–Crippen LogP) is 1.26. The van der Waals surface area contributed by atoms with Gasteiger partial charge in [-0.25, -0.2) is 0 Å². The van der Waals surface area contributed by atoms with Gasteiger partial charge >= 0.3 is 0 Å². The van der Waals surface area contributed by atoms with E-state index in [4.69, 9.17) is 0 Å². The summed E-state index contributed by atoms with van der Waals surface area (Å²) in [4.78, 5) is 2.18. The van der Waals surface area contributed by atoms with Crippen LogP contribution in [0.2, 0.25) is 0 Å². The summed E-state index contributed by atoms with van der Waals surface area (Å²) in [5.74, 6) is 12.6. The van der Waals surface area contributed by atoms with E-state index < -0.39 is 0 Å².